The highest BCUT2D eigenvalue weighted by molar-refractivity contribution is 4.99. The Morgan fingerprint density at radius 1 is 1.25 bits per heavy atom. The van der Waals surface area contributed by atoms with Crippen molar-refractivity contribution in [3.8, 4) is 0 Å². The molecule has 0 spiro atoms. The number of ether oxygens (including phenoxy) is 1. The first-order chi connectivity index (χ1) is 5.27. The average molecular weight is 171 g/mol. The molecule has 0 aromatic carbocycles. The van der Waals surface area contributed by atoms with Gasteiger partial charge in [0.2, 0.25) is 0 Å². The molecular weight excluding hydrogens is 150 g/mol. The normalized spacial score (nSPS) is 35.0. The van der Waals surface area contributed by atoms with Crippen molar-refractivity contribution in [2.24, 2.45) is 0 Å². The average Bonchev–Trinajstić information content (AvgIpc) is 1.82. The highest BCUT2D eigenvalue weighted by atomic mass is 16.5. The number of rotatable bonds is 0. The lowest BCUT2D eigenvalue weighted by Gasteiger charge is -2.53. The van der Waals surface area contributed by atoms with Crippen LogP contribution in [-0.4, -0.2) is 35.7 Å². The molecular formula is C10H21NO. The highest BCUT2D eigenvalue weighted by Gasteiger charge is 2.45. The number of hydrogen-bond donors (Lipinski definition) is 0. The summed E-state index contributed by atoms with van der Waals surface area (Å²) in [4.78, 5) is 2.38. The lowest BCUT2D eigenvalue weighted by molar-refractivity contribution is -0.191. The Morgan fingerprint density at radius 3 is 2.17 bits per heavy atom. The van der Waals surface area contributed by atoms with Gasteiger partial charge >= 0.3 is 0 Å². The molecule has 1 aliphatic rings. The zero-order chi connectivity index (χ0) is 9.57. The van der Waals surface area contributed by atoms with Crippen molar-refractivity contribution in [1.82, 2.24) is 4.90 Å². The van der Waals surface area contributed by atoms with Gasteiger partial charge in [0.1, 0.15) is 0 Å². The van der Waals surface area contributed by atoms with Crippen molar-refractivity contribution in [3.63, 3.8) is 0 Å². The number of hydrogen-bond acceptors (Lipinski definition) is 2. The highest BCUT2D eigenvalue weighted by Crippen LogP contribution is 2.35. The summed E-state index contributed by atoms with van der Waals surface area (Å²) in [6.07, 6.45) is 0.345. The first-order valence-electron chi connectivity index (χ1n) is 4.66. The summed E-state index contributed by atoms with van der Waals surface area (Å²) in [5.41, 5.74) is 0.0684. The maximum Gasteiger partial charge on any atom is 0.0808 e. The molecule has 12 heavy (non-hydrogen) atoms. The maximum absolute atomic E-state index is 5.92. The van der Waals surface area contributed by atoms with Crippen LogP contribution in [0.4, 0.5) is 0 Å². The van der Waals surface area contributed by atoms with Gasteiger partial charge < -0.3 is 4.74 Å². The monoisotopic (exact) mass is 171 g/mol. The molecule has 1 aliphatic heterocycles. The zero-order valence-electron chi connectivity index (χ0n) is 9.14. The van der Waals surface area contributed by atoms with Crippen LogP contribution < -0.4 is 0 Å². The molecule has 0 radical (unpaired) electrons. The number of likely N-dealkylation sites (N-methyl/N-ethyl adjacent to an activating group) is 1. The Bertz CT molecular complexity index is 175. The molecule has 2 heteroatoms. The van der Waals surface area contributed by atoms with E-state index in [1.165, 1.54) is 0 Å². The first kappa shape index (κ1) is 10.0. The molecule has 1 unspecified atom stereocenters. The van der Waals surface area contributed by atoms with Crippen LogP contribution in [0.15, 0.2) is 0 Å². The van der Waals surface area contributed by atoms with Gasteiger partial charge in [0.05, 0.1) is 11.7 Å². The van der Waals surface area contributed by atoms with E-state index < -0.39 is 0 Å². The Kier molecular flexibility index (Phi) is 2.26. The van der Waals surface area contributed by atoms with Crippen LogP contribution in [0.1, 0.15) is 34.6 Å². The van der Waals surface area contributed by atoms with Crippen LogP contribution in [0.3, 0.4) is 0 Å². The summed E-state index contributed by atoms with van der Waals surface area (Å²) in [5, 5.41) is 0. The van der Waals surface area contributed by atoms with E-state index in [9.17, 15) is 0 Å². The summed E-state index contributed by atoms with van der Waals surface area (Å²) in [7, 11) is 2.17. The molecule has 0 aliphatic carbocycles. The molecule has 1 saturated heterocycles. The summed E-state index contributed by atoms with van der Waals surface area (Å²) < 4.78 is 5.92. The summed E-state index contributed by atoms with van der Waals surface area (Å²) in [6, 6.07) is 0. The second kappa shape index (κ2) is 2.71. The second-order valence-electron chi connectivity index (χ2n) is 4.88. The standard InChI is InChI=1S/C10H21NO/c1-8-7-11(6)9(2,3)10(4,5)12-8/h8H,7H2,1-6H3. The molecule has 0 saturated carbocycles. The predicted molar refractivity (Wildman–Crippen MR) is 51.3 cm³/mol. The van der Waals surface area contributed by atoms with Gasteiger partial charge in [0, 0.05) is 12.1 Å². The van der Waals surface area contributed by atoms with Gasteiger partial charge in [-0.2, -0.15) is 0 Å². The van der Waals surface area contributed by atoms with E-state index in [1.807, 2.05) is 0 Å². The molecule has 0 aromatic heterocycles. The van der Waals surface area contributed by atoms with E-state index in [4.69, 9.17) is 4.74 Å². The van der Waals surface area contributed by atoms with Gasteiger partial charge in [0.15, 0.2) is 0 Å². The van der Waals surface area contributed by atoms with Crippen molar-refractivity contribution in [2.75, 3.05) is 13.6 Å². The first-order valence-corrected chi connectivity index (χ1v) is 4.66. The topological polar surface area (TPSA) is 12.5 Å². The van der Waals surface area contributed by atoms with Crippen molar-refractivity contribution >= 4 is 0 Å². The third-order valence-corrected chi connectivity index (χ3v) is 3.45. The third-order valence-electron chi connectivity index (χ3n) is 3.45. The second-order valence-corrected chi connectivity index (χ2v) is 4.88. The van der Waals surface area contributed by atoms with E-state index in [0.717, 1.165) is 6.54 Å². The Labute approximate surface area is 75.9 Å². The zero-order valence-corrected chi connectivity index (χ0v) is 9.14. The molecule has 0 aromatic rings. The Balaban J connectivity index is 2.86. The molecule has 1 heterocycles. The number of morpholine rings is 1. The molecule has 0 N–H and O–H groups in total. The van der Waals surface area contributed by atoms with Crippen molar-refractivity contribution in [2.45, 2.75) is 51.9 Å². The van der Waals surface area contributed by atoms with Gasteiger partial charge in [-0.3, -0.25) is 4.90 Å². The van der Waals surface area contributed by atoms with Gasteiger partial charge in [0.25, 0.3) is 0 Å². The van der Waals surface area contributed by atoms with Crippen LogP contribution >= 0.6 is 0 Å². The van der Waals surface area contributed by atoms with Crippen LogP contribution in [0.25, 0.3) is 0 Å². The van der Waals surface area contributed by atoms with E-state index in [2.05, 4.69) is 46.6 Å². The molecule has 0 amide bonds. The SMILES string of the molecule is CC1CN(C)C(C)(C)C(C)(C)O1. The summed E-state index contributed by atoms with van der Waals surface area (Å²) in [5.74, 6) is 0. The minimum absolute atomic E-state index is 0.0561. The molecule has 1 rings (SSSR count). The third kappa shape index (κ3) is 1.38. The van der Waals surface area contributed by atoms with Crippen molar-refractivity contribution in [3.05, 3.63) is 0 Å². The molecule has 72 valence electrons. The minimum atomic E-state index is -0.0561. The fourth-order valence-electron chi connectivity index (χ4n) is 1.76. The molecule has 2 nitrogen and oxygen atoms in total. The lowest BCUT2D eigenvalue weighted by Crippen LogP contribution is -2.64. The van der Waals surface area contributed by atoms with E-state index in [0.29, 0.717) is 6.10 Å². The van der Waals surface area contributed by atoms with Crippen LogP contribution in [-0.2, 0) is 4.74 Å². The van der Waals surface area contributed by atoms with Gasteiger partial charge in [-0.15, -0.1) is 0 Å². The van der Waals surface area contributed by atoms with Crippen LogP contribution in [0.5, 0.6) is 0 Å². The predicted octanol–water partition coefficient (Wildman–Crippen LogP) is 1.89. The fourth-order valence-corrected chi connectivity index (χ4v) is 1.76. The Morgan fingerprint density at radius 2 is 1.75 bits per heavy atom. The largest absolute Gasteiger partial charge is 0.369 e. The quantitative estimate of drug-likeness (QED) is 0.552. The summed E-state index contributed by atoms with van der Waals surface area (Å²) in [6.45, 7) is 12.0. The molecule has 0 bridgehead atoms. The van der Waals surface area contributed by atoms with Crippen molar-refractivity contribution < 1.29 is 4.74 Å². The summed E-state index contributed by atoms with van der Waals surface area (Å²) >= 11 is 0. The number of nitrogens with zero attached hydrogens (tertiary/aromatic N) is 1. The van der Waals surface area contributed by atoms with Gasteiger partial charge in [-0.1, -0.05) is 0 Å². The van der Waals surface area contributed by atoms with E-state index in [-0.39, 0.29) is 11.1 Å². The van der Waals surface area contributed by atoms with E-state index in [1.54, 1.807) is 0 Å². The minimum Gasteiger partial charge on any atom is -0.369 e. The van der Waals surface area contributed by atoms with Gasteiger partial charge in [-0.25, -0.2) is 0 Å². The van der Waals surface area contributed by atoms with Crippen LogP contribution in [0, 0.1) is 0 Å². The lowest BCUT2D eigenvalue weighted by atomic mass is 9.82. The van der Waals surface area contributed by atoms with Gasteiger partial charge in [-0.05, 0) is 41.7 Å². The molecule has 1 atom stereocenters. The van der Waals surface area contributed by atoms with Crippen molar-refractivity contribution in [1.29, 1.82) is 0 Å². The molecule has 1 fully saturated rings. The van der Waals surface area contributed by atoms with E-state index >= 15 is 0 Å². The van der Waals surface area contributed by atoms with Crippen LogP contribution in [0.2, 0.25) is 0 Å². The maximum atomic E-state index is 5.92. The Hall–Kier alpha value is -0.0800. The fraction of sp³-hybridized carbons (Fsp3) is 1.00. The smallest absolute Gasteiger partial charge is 0.0808 e.